The van der Waals surface area contributed by atoms with E-state index in [0.29, 0.717) is 15.9 Å². The van der Waals surface area contributed by atoms with Crippen molar-refractivity contribution in [3.8, 4) is 5.75 Å². The third-order valence-electron chi connectivity index (χ3n) is 6.35. The van der Waals surface area contributed by atoms with Crippen molar-refractivity contribution in [2.75, 3.05) is 6.61 Å². The molecule has 1 unspecified atom stereocenters. The lowest BCUT2D eigenvalue weighted by Crippen LogP contribution is -2.48. The number of nitrogens with zero attached hydrogens (tertiary/aromatic N) is 2. The summed E-state index contributed by atoms with van der Waals surface area (Å²) in [4.78, 5) is 77.8. The van der Waals surface area contributed by atoms with Crippen LogP contribution < -0.4 is 10.4 Å². The van der Waals surface area contributed by atoms with Gasteiger partial charge in [-0.3, -0.25) is 19.3 Å². The molecule has 3 aromatic carbocycles. The Hall–Kier alpha value is -5.58. The molecule has 0 aliphatic carbocycles. The van der Waals surface area contributed by atoms with Crippen molar-refractivity contribution < 1.29 is 38.0 Å². The van der Waals surface area contributed by atoms with Crippen molar-refractivity contribution in [1.29, 1.82) is 0 Å². The molecule has 0 N–H and O–H groups in total. The summed E-state index contributed by atoms with van der Waals surface area (Å²) in [6, 6.07) is 19.3. The molecule has 1 atom stereocenters. The molecule has 0 saturated heterocycles. The van der Waals surface area contributed by atoms with E-state index in [0.717, 1.165) is 11.1 Å². The number of carbonyl (C=O) groups is 5. The summed E-state index contributed by atoms with van der Waals surface area (Å²) in [5.74, 6) is -3.63. The van der Waals surface area contributed by atoms with Gasteiger partial charge in [0.05, 0.1) is 29.5 Å². The van der Waals surface area contributed by atoms with Gasteiger partial charge < -0.3 is 14.0 Å². The zero-order valence-corrected chi connectivity index (χ0v) is 21.6. The summed E-state index contributed by atoms with van der Waals surface area (Å²) in [5.41, 5.74) is -0.504. The van der Waals surface area contributed by atoms with E-state index in [4.69, 9.17) is 14.0 Å². The first-order valence-corrected chi connectivity index (χ1v) is 12.6. The van der Waals surface area contributed by atoms with Crippen LogP contribution in [0, 0.1) is 0 Å². The van der Waals surface area contributed by atoms with E-state index in [2.05, 4.69) is 0 Å². The standard InChI is InChI=1S/C30H22N2O9/c1-2-39-29(37)23-17-31(41-30(23)38)27(35)24(32-25(33)21-10-6-7-11-22(21)26(32)34)16-18-12-14-20(15-13-18)40-28(36)19-8-4-3-5-9-19/h3-15,17,24H,2,16H2,1H3. The van der Waals surface area contributed by atoms with Crippen LogP contribution in [-0.4, -0.2) is 51.9 Å². The second-order valence-electron chi connectivity index (χ2n) is 8.95. The molecule has 0 spiro atoms. The largest absolute Gasteiger partial charge is 0.462 e. The molecule has 11 heteroatoms. The molecule has 2 heterocycles. The highest BCUT2D eigenvalue weighted by Gasteiger charge is 2.43. The molecule has 0 radical (unpaired) electrons. The van der Waals surface area contributed by atoms with Gasteiger partial charge in [-0.1, -0.05) is 42.5 Å². The molecular formula is C30H22N2O9. The van der Waals surface area contributed by atoms with Gasteiger partial charge in [0, 0.05) is 6.42 Å². The van der Waals surface area contributed by atoms with Crippen LogP contribution in [0.3, 0.4) is 0 Å². The van der Waals surface area contributed by atoms with Crippen LogP contribution in [0.4, 0.5) is 0 Å². The molecule has 5 rings (SSSR count). The first kappa shape index (κ1) is 27.0. The average Bonchev–Trinajstić information content (AvgIpc) is 3.50. The summed E-state index contributed by atoms with van der Waals surface area (Å²) < 4.78 is 15.7. The third kappa shape index (κ3) is 5.33. The van der Waals surface area contributed by atoms with E-state index >= 15 is 0 Å². The van der Waals surface area contributed by atoms with Gasteiger partial charge in [0.15, 0.2) is 5.56 Å². The first-order valence-electron chi connectivity index (χ1n) is 12.6. The van der Waals surface area contributed by atoms with Crippen molar-refractivity contribution in [2.45, 2.75) is 19.4 Å². The van der Waals surface area contributed by atoms with Gasteiger partial charge in [0.25, 0.3) is 17.7 Å². The SMILES string of the molecule is CCOC(=O)c1cn(C(=O)C(Cc2ccc(OC(=O)c3ccccc3)cc2)N2C(=O)c3ccccc3C2=O)oc1=O. The van der Waals surface area contributed by atoms with Crippen molar-refractivity contribution in [3.05, 3.63) is 123 Å². The Morgan fingerprint density at radius 1 is 0.805 bits per heavy atom. The lowest BCUT2D eigenvalue weighted by atomic mass is 10.0. The minimum absolute atomic E-state index is 0.00821. The van der Waals surface area contributed by atoms with E-state index in [1.165, 1.54) is 24.3 Å². The summed E-state index contributed by atoms with van der Waals surface area (Å²) in [6.07, 6.45) is 0.702. The normalized spacial score (nSPS) is 13.0. The second kappa shape index (κ2) is 11.3. The van der Waals surface area contributed by atoms with Crippen LogP contribution in [0.15, 0.2) is 94.4 Å². The van der Waals surface area contributed by atoms with Crippen LogP contribution in [0.2, 0.25) is 0 Å². The zero-order chi connectivity index (χ0) is 29.1. The number of hydrogen-bond acceptors (Lipinski definition) is 9. The Labute approximate surface area is 232 Å². The number of hydrogen-bond donors (Lipinski definition) is 0. The Morgan fingerprint density at radius 3 is 2.02 bits per heavy atom. The number of esters is 2. The van der Waals surface area contributed by atoms with Crippen molar-refractivity contribution in [3.63, 3.8) is 0 Å². The second-order valence-corrected chi connectivity index (χ2v) is 8.95. The monoisotopic (exact) mass is 554 g/mol. The topological polar surface area (TPSA) is 142 Å². The summed E-state index contributed by atoms with van der Waals surface area (Å²) in [7, 11) is 0. The van der Waals surface area contributed by atoms with Crippen molar-refractivity contribution in [2.24, 2.45) is 0 Å². The van der Waals surface area contributed by atoms with Crippen LogP contribution in [0.5, 0.6) is 5.75 Å². The van der Waals surface area contributed by atoms with Crippen LogP contribution in [0.1, 0.15) is 58.7 Å². The van der Waals surface area contributed by atoms with Gasteiger partial charge in [-0.2, -0.15) is 0 Å². The summed E-state index contributed by atoms with van der Waals surface area (Å²) >= 11 is 0. The highest BCUT2D eigenvalue weighted by molar-refractivity contribution is 6.23. The lowest BCUT2D eigenvalue weighted by molar-refractivity contribution is 0.0463. The fourth-order valence-electron chi connectivity index (χ4n) is 4.37. The molecule has 206 valence electrons. The highest BCUT2D eigenvalue weighted by Crippen LogP contribution is 2.27. The molecule has 4 aromatic rings. The number of amides is 2. The quantitative estimate of drug-likeness (QED) is 0.182. The Balaban J connectivity index is 1.44. The lowest BCUT2D eigenvalue weighted by Gasteiger charge is -2.24. The maximum absolute atomic E-state index is 13.7. The number of benzene rings is 3. The fraction of sp³-hybridized carbons (Fsp3) is 0.133. The van der Waals surface area contributed by atoms with Gasteiger partial charge in [0.2, 0.25) is 0 Å². The highest BCUT2D eigenvalue weighted by atomic mass is 16.5. The number of aromatic nitrogens is 1. The smallest absolute Gasteiger partial charge is 0.372 e. The van der Waals surface area contributed by atoms with Crippen molar-refractivity contribution >= 4 is 29.7 Å². The zero-order valence-electron chi connectivity index (χ0n) is 21.6. The minimum Gasteiger partial charge on any atom is -0.462 e. The molecule has 1 aromatic heterocycles. The Kier molecular flexibility index (Phi) is 7.42. The van der Waals surface area contributed by atoms with E-state index in [-0.39, 0.29) is 29.9 Å². The number of carbonyl (C=O) groups excluding carboxylic acids is 5. The molecule has 41 heavy (non-hydrogen) atoms. The van der Waals surface area contributed by atoms with Gasteiger partial charge in [-0.05, 0) is 48.9 Å². The van der Waals surface area contributed by atoms with Crippen LogP contribution in [0.25, 0.3) is 0 Å². The van der Waals surface area contributed by atoms with E-state index in [9.17, 15) is 28.8 Å². The number of fused-ring (bicyclic) bond motifs is 1. The molecule has 0 saturated carbocycles. The van der Waals surface area contributed by atoms with Gasteiger partial charge in [-0.15, -0.1) is 4.74 Å². The number of rotatable bonds is 8. The molecule has 1 aliphatic rings. The van der Waals surface area contributed by atoms with Crippen LogP contribution >= 0.6 is 0 Å². The Bertz CT molecular complexity index is 1680. The Morgan fingerprint density at radius 2 is 1.41 bits per heavy atom. The fourth-order valence-corrected chi connectivity index (χ4v) is 4.37. The van der Waals surface area contributed by atoms with Gasteiger partial charge in [0.1, 0.15) is 11.8 Å². The molecular weight excluding hydrogens is 532 g/mol. The first-order chi connectivity index (χ1) is 19.8. The van der Waals surface area contributed by atoms with Gasteiger partial charge in [-0.25, -0.2) is 14.4 Å². The van der Waals surface area contributed by atoms with E-state index in [1.54, 1.807) is 61.5 Å². The molecule has 2 amide bonds. The maximum Gasteiger partial charge on any atom is 0.372 e. The minimum atomic E-state index is -1.45. The summed E-state index contributed by atoms with van der Waals surface area (Å²) in [5, 5.41) is 0. The van der Waals surface area contributed by atoms with Crippen LogP contribution in [-0.2, 0) is 11.2 Å². The number of imide groups is 1. The molecule has 0 bridgehead atoms. The number of ether oxygens (including phenoxy) is 2. The van der Waals surface area contributed by atoms with E-state index < -0.39 is 46.9 Å². The van der Waals surface area contributed by atoms with E-state index in [1.807, 2.05) is 0 Å². The predicted molar refractivity (Wildman–Crippen MR) is 142 cm³/mol. The molecule has 0 fully saturated rings. The van der Waals surface area contributed by atoms with Crippen molar-refractivity contribution in [1.82, 2.24) is 9.64 Å². The molecule has 11 nitrogen and oxygen atoms in total. The molecule has 1 aliphatic heterocycles. The van der Waals surface area contributed by atoms with Gasteiger partial charge >= 0.3 is 17.6 Å². The maximum atomic E-state index is 13.7. The third-order valence-corrected chi connectivity index (χ3v) is 6.35. The average molecular weight is 555 g/mol. The summed E-state index contributed by atoms with van der Waals surface area (Å²) in [6.45, 7) is 1.54. The predicted octanol–water partition coefficient (Wildman–Crippen LogP) is 3.38.